The molecule has 0 saturated carbocycles. The molecule has 1 aliphatic heterocycles. The summed E-state index contributed by atoms with van der Waals surface area (Å²) in [5, 5.41) is 2.88. The Morgan fingerprint density at radius 1 is 1.07 bits per heavy atom. The van der Waals surface area contributed by atoms with Crippen molar-refractivity contribution in [3.63, 3.8) is 0 Å². The third-order valence-electron chi connectivity index (χ3n) is 5.41. The van der Waals surface area contributed by atoms with Gasteiger partial charge in [-0.2, -0.15) is 13.2 Å². The van der Waals surface area contributed by atoms with Gasteiger partial charge in [0.1, 0.15) is 0 Å². The summed E-state index contributed by atoms with van der Waals surface area (Å²) in [5.41, 5.74) is 0.593. The summed E-state index contributed by atoms with van der Waals surface area (Å²) >= 11 is 0. The van der Waals surface area contributed by atoms with Gasteiger partial charge in [0.2, 0.25) is 11.8 Å². The number of amides is 2. The van der Waals surface area contributed by atoms with Crippen LogP contribution in [-0.2, 0) is 22.3 Å². The minimum atomic E-state index is -4.47. The number of hydrogen-bond acceptors (Lipinski definition) is 2. The zero-order valence-corrected chi connectivity index (χ0v) is 16.9. The molecule has 1 heterocycles. The molecule has 4 nitrogen and oxygen atoms in total. The summed E-state index contributed by atoms with van der Waals surface area (Å²) in [6.07, 6.45) is -4.47. The van der Waals surface area contributed by atoms with Gasteiger partial charge in [0.05, 0.1) is 11.5 Å². The lowest BCUT2D eigenvalue weighted by Crippen LogP contribution is -2.36. The molecule has 1 aliphatic rings. The summed E-state index contributed by atoms with van der Waals surface area (Å²) < 4.78 is 39.6. The van der Waals surface area contributed by atoms with E-state index in [1.54, 1.807) is 24.8 Å². The number of hydrogen-bond donors (Lipinski definition) is 1. The normalized spacial score (nSPS) is 19.2. The Bertz CT molecular complexity index is 897. The molecule has 30 heavy (non-hydrogen) atoms. The number of rotatable bonds is 5. The van der Waals surface area contributed by atoms with Crippen LogP contribution >= 0.6 is 0 Å². The summed E-state index contributed by atoms with van der Waals surface area (Å²) in [5.74, 6) is -1.73. The van der Waals surface area contributed by atoms with Crippen LogP contribution in [0.3, 0.4) is 0 Å². The Labute approximate surface area is 174 Å². The number of benzene rings is 2. The van der Waals surface area contributed by atoms with Crippen molar-refractivity contribution in [1.29, 1.82) is 0 Å². The summed E-state index contributed by atoms with van der Waals surface area (Å²) in [6, 6.07) is 14.4. The second kappa shape index (κ2) is 8.90. The van der Waals surface area contributed by atoms with Crippen molar-refractivity contribution < 1.29 is 22.8 Å². The van der Waals surface area contributed by atoms with Crippen molar-refractivity contribution in [2.24, 2.45) is 11.8 Å². The standard InChI is InChI=1S/C23H25F3N2O2/c1-15(2)22(30)28-13-19(17-9-6-10-18(11-17)23(24,25)26)20(14-28)21(29)27-12-16-7-4-3-5-8-16/h3-11,15,19-20H,12-14H2,1-2H3,(H,27,29)/t19-,20-/m1/s1. The van der Waals surface area contributed by atoms with Crippen molar-refractivity contribution >= 4 is 11.8 Å². The van der Waals surface area contributed by atoms with Crippen LogP contribution in [0.1, 0.15) is 36.5 Å². The number of nitrogens with zero attached hydrogens (tertiary/aromatic N) is 1. The minimum Gasteiger partial charge on any atom is -0.352 e. The molecule has 160 valence electrons. The van der Waals surface area contributed by atoms with Crippen molar-refractivity contribution in [2.75, 3.05) is 13.1 Å². The van der Waals surface area contributed by atoms with E-state index in [0.29, 0.717) is 12.1 Å². The highest BCUT2D eigenvalue weighted by molar-refractivity contribution is 5.84. The van der Waals surface area contributed by atoms with Crippen molar-refractivity contribution in [2.45, 2.75) is 32.5 Å². The van der Waals surface area contributed by atoms with Crippen LogP contribution < -0.4 is 5.32 Å². The van der Waals surface area contributed by atoms with Gasteiger partial charge in [0, 0.05) is 31.5 Å². The highest BCUT2D eigenvalue weighted by Crippen LogP contribution is 2.37. The largest absolute Gasteiger partial charge is 0.416 e. The van der Waals surface area contributed by atoms with Crippen LogP contribution in [0, 0.1) is 11.8 Å². The van der Waals surface area contributed by atoms with E-state index in [0.717, 1.165) is 17.7 Å². The molecule has 0 unspecified atom stereocenters. The van der Waals surface area contributed by atoms with Crippen LogP contribution in [0.2, 0.25) is 0 Å². The van der Waals surface area contributed by atoms with Gasteiger partial charge in [0.25, 0.3) is 0 Å². The van der Waals surface area contributed by atoms with Crippen LogP contribution in [0.4, 0.5) is 13.2 Å². The third-order valence-corrected chi connectivity index (χ3v) is 5.41. The number of alkyl halides is 3. The smallest absolute Gasteiger partial charge is 0.352 e. The van der Waals surface area contributed by atoms with Crippen LogP contribution in [0.15, 0.2) is 54.6 Å². The van der Waals surface area contributed by atoms with Gasteiger partial charge in [-0.15, -0.1) is 0 Å². The summed E-state index contributed by atoms with van der Waals surface area (Å²) in [6.45, 7) is 4.28. The first-order valence-corrected chi connectivity index (χ1v) is 9.94. The highest BCUT2D eigenvalue weighted by Gasteiger charge is 2.41. The molecule has 2 aromatic rings. The zero-order chi connectivity index (χ0) is 21.9. The number of halogens is 3. The molecule has 0 bridgehead atoms. The molecule has 1 N–H and O–H groups in total. The Balaban J connectivity index is 1.84. The third kappa shape index (κ3) is 5.01. The van der Waals surface area contributed by atoms with E-state index < -0.39 is 23.6 Å². The molecule has 1 saturated heterocycles. The molecule has 0 spiro atoms. The fraction of sp³-hybridized carbons (Fsp3) is 0.391. The summed E-state index contributed by atoms with van der Waals surface area (Å²) in [7, 11) is 0. The molecule has 3 rings (SSSR count). The van der Waals surface area contributed by atoms with Crippen molar-refractivity contribution in [3.8, 4) is 0 Å². The molecule has 0 aromatic heterocycles. The van der Waals surface area contributed by atoms with Crippen molar-refractivity contribution in [3.05, 3.63) is 71.3 Å². The van der Waals surface area contributed by atoms with E-state index in [1.807, 2.05) is 30.3 Å². The van der Waals surface area contributed by atoms with Gasteiger partial charge in [-0.1, -0.05) is 62.4 Å². The van der Waals surface area contributed by atoms with Crippen LogP contribution in [-0.4, -0.2) is 29.8 Å². The SMILES string of the molecule is CC(C)C(=O)N1C[C@H](c2cccc(C(F)(F)F)c2)[C@H](C(=O)NCc2ccccc2)C1. The predicted molar refractivity (Wildman–Crippen MR) is 107 cm³/mol. The number of carbonyl (C=O) groups excluding carboxylic acids is 2. The van der Waals surface area contributed by atoms with Crippen molar-refractivity contribution in [1.82, 2.24) is 10.2 Å². The van der Waals surface area contributed by atoms with Crippen LogP contribution in [0.25, 0.3) is 0 Å². The second-order valence-corrected chi connectivity index (χ2v) is 7.94. The molecule has 0 radical (unpaired) electrons. The van der Waals surface area contributed by atoms with Gasteiger partial charge in [-0.25, -0.2) is 0 Å². The quantitative estimate of drug-likeness (QED) is 0.791. The van der Waals surface area contributed by atoms with Gasteiger partial charge in [0.15, 0.2) is 0 Å². The maximum absolute atomic E-state index is 13.2. The first-order valence-electron chi connectivity index (χ1n) is 9.94. The number of likely N-dealkylation sites (tertiary alicyclic amines) is 1. The van der Waals surface area contributed by atoms with Gasteiger partial charge >= 0.3 is 6.18 Å². The number of carbonyl (C=O) groups is 2. The van der Waals surface area contributed by atoms with Gasteiger partial charge < -0.3 is 10.2 Å². The Morgan fingerprint density at radius 3 is 2.40 bits per heavy atom. The fourth-order valence-electron chi connectivity index (χ4n) is 3.81. The predicted octanol–water partition coefficient (Wildman–Crippen LogP) is 4.22. The number of nitrogens with one attached hydrogen (secondary N) is 1. The zero-order valence-electron chi connectivity index (χ0n) is 16.9. The minimum absolute atomic E-state index is 0.106. The van der Waals surface area contributed by atoms with Gasteiger partial charge in [-0.3, -0.25) is 9.59 Å². The molecule has 2 aromatic carbocycles. The Morgan fingerprint density at radius 2 is 1.77 bits per heavy atom. The lowest BCUT2D eigenvalue weighted by molar-refractivity contribution is -0.137. The van der Waals surface area contributed by atoms with E-state index in [2.05, 4.69) is 5.32 Å². The van der Waals surface area contributed by atoms with E-state index in [-0.39, 0.29) is 30.8 Å². The van der Waals surface area contributed by atoms with E-state index in [4.69, 9.17) is 0 Å². The molecule has 2 atom stereocenters. The topological polar surface area (TPSA) is 49.4 Å². The first kappa shape index (κ1) is 21.9. The molecule has 7 heteroatoms. The Kier molecular flexibility index (Phi) is 6.48. The average molecular weight is 418 g/mol. The van der Waals surface area contributed by atoms with E-state index >= 15 is 0 Å². The fourth-order valence-corrected chi connectivity index (χ4v) is 3.81. The van der Waals surface area contributed by atoms with E-state index in [1.165, 1.54) is 6.07 Å². The average Bonchev–Trinajstić information content (AvgIpc) is 3.17. The molecular formula is C23H25F3N2O2. The lowest BCUT2D eigenvalue weighted by Gasteiger charge is -2.19. The molecule has 1 fully saturated rings. The van der Waals surface area contributed by atoms with Gasteiger partial charge in [-0.05, 0) is 17.2 Å². The second-order valence-electron chi connectivity index (χ2n) is 7.94. The monoisotopic (exact) mass is 418 g/mol. The maximum atomic E-state index is 13.2. The highest BCUT2D eigenvalue weighted by atomic mass is 19.4. The molecular weight excluding hydrogens is 393 g/mol. The first-order chi connectivity index (χ1) is 14.2. The lowest BCUT2D eigenvalue weighted by atomic mass is 9.87. The summed E-state index contributed by atoms with van der Waals surface area (Å²) in [4.78, 5) is 27.0. The van der Waals surface area contributed by atoms with E-state index in [9.17, 15) is 22.8 Å². The van der Waals surface area contributed by atoms with Crippen LogP contribution in [0.5, 0.6) is 0 Å². The molecule has 0 aliphatic carbocycles. The Hall–Kier alpha value is -2.83. The maximum Gasteiger partial charge on any atom is 0.416 e. The molecule has 2 amide bonds.